The third-order valence-electron chi connectivity index (χ3n) is 4.36. The number of hydrogen-bond donors (Lipinski definition) is 1. The molecule has 0 bridgehead atoms. The molecule has 1 N–H and O–H groups in total. The van der Waals surface area contributed by atoms with E-state index in [0.29, 0.717) is 43.7 Å². The Morgan fingerprint density at radius 2 is 2.00 bits per heavy atom. The van der Waals surface area contributed by atoms with E-state index in [0.717, 1.165) is 5.56 Å². The van der Waals surface area contributed by atoms with Gasteiger partial charge in [-0.15, -0.1) is 0 Å². The van der Waals surface area contributed by atoms with Crippen molar-refractivity contribution in [1.29, 1.82) is 0 Å². The van der Waals surface area contributed by atoms with E-state index < -0.39 is 5.54 Å². The van der Waals surface area contributed by atoms with Gasteiger partial charge in [0.05, 0.1) is 6.67 Å². The summed E-state index contributed by atoms with van der Waals surface area (Å²) in [5.74, 6) is 1.08. The summed E-state index contributed by atoms with van der Waals surface area (Å²) in [6, 6.07) is 5.11. The summed E-state index contributed by atoms with van der Waals surface area (Å²) in [4.78, 5) is 26.0. The molecule has 1 unspecified atom stereocenters. The first-order valence-electron chi connectivity index (χ1n) is 8.12. The van der Waals surface area contributed by atoms with Crippen molar-refractivity contribution >= 4 is 11.9 Å². The summed E-state index contributed by atoms with van der Waals surface area (Å²) in [7, 11) is 0. The van der Waals surface area contributed by atoms with Crippen LogP contribution >= 0.6 is 0 Å². The third kappa shape index (κ3) is 3.16. The zero-order chi connectivity index (χ0) is 17.2. The number of urea groups is 1. The minimum atomic E-state index is -0.981. The van der Waals surface area contributed by atoms with Gasteiger partial charge in [-0.1, -0.05) is 6.07 Å². The lowest BCUT2D eigenvalue weighted by Crippen LogP contribution is -2.46. The number of carbonyl (C=O) groups is 2. The van der Waals surface area contributed by atoms with Crippen LogP contribution < -0.4 is 14.8 Å². The van der Waals surface area contributed by atoms with Gasteiger partial charge < -0.3 is 14.8 Å². The minimum Gasteiger partial charge on any atom is -0.454 e. The van der Waals surface area contributed by atoms with Gasteiger partial charge in [-0.2, -0.15) is 0 Å². The molecule has 7 heteroatoms. The number of imide groups is 1. The van der Waals surface area contributed by atoms with Gasteiger partial charge in [-0.3, -0.25) is 14.1 Å². The van der Waals surface area contributed by atoms with E-state index in [1.165, 1.54) is 4.90 Å². The molecular formula is C17H21FN2O4. The smallest absolute Gasteiger partial charge is 0.325 e. The minimum absolute atomic E-state index is 0.193. The van der Waals surface area contributed by atoms with Crippen LogP contribution in [-0.2, 0) is 11.2 Å². The fraction of sp³-hybridized carbons (Fsp3) is 0.529. The van der Waals surface area contributed by atoms with Gasteiger partial charge in [0.2, 0.25) is 6.79 Å². The van der Waals surface area contributed by atoms with Crippen LogP contribution in [-0.4, -0.2) is 42.4 Å². The zero-order valence-corrected chi connectivity index (χ0v) is 13.6. The number of carbonyl (C=O) groups excluding carboxylic acids is 2. The Morgan fingerprint density at radius 1 is 1.21 bits per heavy atom. The lowest BCUT2D eigenvalue weighted by Gasteiger charge is -2.22. The van der Waals surface area contributed by atoms with E-state index in [9.17, 15) is 14.0 Å². The Hall–Kier alpha value is -2.31. The van der Waals surface area contributed by atoms with E-state index in [-0.39, 0.29) is 25.4 Å². The number of halogens is 1. The molecule has 1 saturated heterocycles. The van der Waals surface area contributed by atoms with E-state index in [1.807, 2.05) is 12.1 Å². The number of alkyl halides is 1. The fourth-order valence-corrected chi connectivity index (χ4v) is 3.07. The summed E-state index contributed by atoms with van der Waals surface area (Å²) >= 11 is 0. The molecule has 1 aromatic rings. The SMILES string of the molecule is CC1(Cc2ccc3c(c2)OCO3)NC(=O)N(CCCCCF)C1=O. The molecule has 3 rings (SSSR count). The third-order valence-corrected chi connectivity index (χ3v) is 4.36. The highest BCUT2D eigenvalue weighted by Crippen LogP contribution is 2.34. The average Bonchev–Trinajstić information content (AvgIpc) is 3.08. The molecule has 2 aliphatic rings. The average molecular weight is 336 g/mol. The van der Waals surface area contributed by atoms with Gasteiger partial charge in [-0.25, -0.2) is 4.79 Å². The van der Waals surface area contributed by atoms with Gasteiger partial charge in [0.25, 0.3) is 5.91 Å². The second-order valence-corrected chi connectivity index (χ2v) is 6.33. The number of fused-ring (bicyclic) bond motifs is 1. The van der Waals surface area contributed by atoms with Crippen LogP contribution in [0.25, 0.3) is 0 Å². The molecule has 24 heavy (non-hydrogen) atoms. The van der Waals surface area contributed by atoms with Crippen LogP contribution in [0.5, 0.6) is 11.5 Å². The van der Waals surface area contributed by atoms with Gasteiger partial charge in [0.1, 0.15) is 5.54 Å². The van der Waals surface area contributed by atoms with E-state index >= 15 is 0 Å². The van der Waals surface area contributed by atoms with Crippen molar-refractivity contribution in [3.8, 4) is 11.5 Å². The van der Waals surface area contributed by atoms with Crippen LogP contribution in [0, 0.1) is 0 Å². The van der Waals surface area contributed by atoms with Gasteiger partial charge in [0, 0.05) is 13.0 Å². The van der Waals surface area contributed by atoms with E-state index in [1.54, 1.807) is 13.0 Å². The van der Waals surface area contributed by atoms with Gasteiger partial charge >= 0.3 is 6.03 Å². The molecule has 0 aliphatic carbocycles. The molecule has 0 radical (unpaired) electrons. The predicted molar refractivity (Wildman–Crippen MR) is 84.7 cm³/mol. The lowest BCUT2D eigenvalue weighted by molar-refractivity contribution is -0.130. The Labute approximate surface area is 139 Å². The molecule has 1 atom stereocenters. The number of hydrogen-bond acceptors (Lipinski definition) is 4. The van der Waals surface area contributed by atoms with Gasteiger partial charge in [-0.05, 0) is 43.9 Å². The summed E-state index contributed by atoms with van der Waals surface area (Å²) < 4.78 is 22.7. The summed E-state index contributed by atoms with van der Waals surface area (Å²) in [5.41, 5.74) is -0.0973. The fourth-order valence-electron chi connectivity index (χ4n) is 3.07. The maximum absolute atomic E-state index is 12.7. The predicted octanol–water partition coefficient (Wildman–Crippen LogP) is 2.41. The van der Waals surface area contributed by atoms with Crippen molar-refractivity contribution in [2.75, 3.05) is 20.0 Å². The number of nitrogens with zero attached hydrogens (tertiary/aromatic N) is 1. The monoisotopic (exact) mass is 336 g/mol. The molecule has 3 amide bonds. The summed E-state index contributed by atoms with van der Waals surface area (Å²) in [6.07, 6.45) is 2.10. The van der Waals surface area contributed by atoms with Crippen molar-refractivity contribution in [3.05, 3.63) is 23.8 Å². The van der Waals surface area contributed by atoms with Crippen molar-refractivity contribution in [3.63, 3.8) is 0 Å². The van der Waals surface area contributed by atoms with Crippen molar-refractivity contribution < 1.29 is 23.5 Å². The molecule has 1 aromatic carbocycles. The Morgan fingerprint density at radius 3 is 2.79 bits per heavy atom. The number of amides is 3. The quantitative estimate of drug-likeness (QED) is 0.613. The second kappa shape index (κ2) is 6.67. The van der Waals surface area contributed by atoms with Crippen molar-refractivity contribution in [2.45, 2.75) is 38.1 Å². The summed E-state index contributed by atoms with van der Waals surface area (Å²) in [6.45, 7) is 1.86. The van der Waals surface area contributed by atoms with Crippen LogP contribution in [0.4, 0.5) is 9.18 Å². The molecule has 1 fully saturated rings. The Balaban J connectivity index is 1.66. The van der Waals surface area contributed by atoms with Crippen LogP contribution in [0.3, 0.4) is 0 Å². The molecule has 6 nitrogen and oxygen atoms in total. The molecule has 2 heterocycles. The topological polar surface area (TPSA) is 67.9 Å². The first-order chi connectivity index (χ1) is 11.5. The number of unbranched alkanes of at least 4 members (excludes halogenated alkanes) is 2. The van der Waals surface area contributed by atoms with E-state index in [4.69, 9.17) is 9.47 Å². The second-order valence-electron chi connectivity index (χ2n) is 6.33. The number of nitrogens with one attached hydrogen (secondary N) is 1. The molecule has 0 saturated carbocycles. The Kier molecular flexibility index (Phi) is 4.59. The molecule has 0 aromatic heterocycles. The normalized spacial score (nSPS) is 22.2. The summed E-state index contributed by atoms with van der Waals surface area (Å²) in [5, 5.41) is 2.78. The van der Waals surface area contributed by atoms with Crippen LogP contribution in [0.2, 0.25) is 0 Å². The largest absolute Gasteiger partial charge is 0.454 e. The lowest BCUT2D eigenvalue weighted by atomic mass is 9.92. The molecule has 130 valence electrons. The van der Waals surface area contributed by atoms with E-state index in [2.05, 4.69) is 5.32 Å². The molecule has 2 aliphatic heterocycles. The highest BCUT2D eigenvalue weighted by molar-refractivity contribution is 6.06. The maximum atomic E-state index is 12.7. The number of ether oxygens (including phenoxy) is 2. The number of benzene rings is 1. The highest BCUT2D eigenvalue weighted by Gasteiger charge is 2.47. The highest BCUT2D eigenvalue weighted by atomic mass is 19.1. The van der Waals surface area contributed by atoms with Gasteiger partial charge in [0.15, 0.2) is 11.5 Å². The van der Waals surface area contributed by atoms with Crippen molar-refractivity contribution in [2.24, 2.45) is 0 Å². The number of rotatable bonds is 7. The molecular weight excluding hydrogens is 315 g/mol. The maximum Gasteiger partial charge on any atom is 0.325 e. The van der Waals surface area contributed by atoms with Crippen LogP contribution in [0.15, 0.2) is 18.2 Å². The Bertz CT molecular complexity index is 651. The first kappa shape index (κ1) is 16.5. The standard InChI is InChI=1S/C17H21FN2O4/c1-17(10-12-5-6-13-14(9-12)24-11-23-13)15(21)20(16(22)19-17)8-4-2-3-7-18/h5-6,9H,2-4,7-8,10-11H2,1H3,(H,19,22). The molecule has 0 spiro atoms. The van der Waals surface area contributed by atoms with Crippen LogP contribution in [0.1, 0.15) is 31.7 Å². The first-order valence-corrected chi connectivity index (χ1v) is 8.12. The van der Waals surface area contributed by atoms with Crippen molar-refractivity contribution in [1.82, 2.24) is 10.2 Å². The zero-order valence-electron chi connectivity index (χ0n) is 13.6.